The topological polar surface area (TPSA) is 32.3 Å². The van der Waals surface area contributed by atoms with Crippen molar-refractivity contribution >= 4 is 5.91 Å². The first kappa shape index (κ1) is 20.8. The fourth-order valence-electron chi connectivity index (χ4n) is 3.55. The lowest BCUT2D eigenvalue weighted by atomic mass is 9.88. The predicted molar refractivity (Wildman–Crippen MR) is 120 cm³/mol. The van der Waals surface area contributed by atoms with Crippen molar-refractivity contribution in [3.8, 4) is 0 Å². The summed E-state index contributed by atoms with van der Waals surface area (Å²) in [5, 5.41) is 3.29. The summed E-state index contributed by atoms with van der Waals surface area (Å²) < 4.78 is 0. The lowest BCUT2D eigenvalue weighted by molar-refractivity contribution is -0.132. The molecule has 0 aromatic heterocycles. The molecule has 1 N–H and O–H groups in total. The van der Waals surface area contributed by atoms with E-state index in [1.54, 1.807) is 0 Å². The zero-order valence-corrected chi connectivity index (χ0v) is 17.1. The van der Waals surface area contributed by atoms with E-state index in [0.29, 0.717) is 6.42 Å². The Kier molecular flexibility index (Phi) is 8.02. The Balaban J connectivity index is 0.000000290. The van der Waals surface area contributed by atoms with Crippen molar-refractivity contribution in [2.75, 3.05) is 26.2 Å². The molecule has 0 saturated carbocycles. The van der Waals surface area contributed by atoms with Gasteiger partial charge in [0.05, 0.1) is 0 Å². The molecule has 3 aromatic carbocycles. The predicted octanol–water partition coefficient (Wildman–Crippen LogP) is 4.64. The highest BCUT2D eigenvalue weighted by molar-refractivity contribution is 5.78. The van der Waals surface area contributed by atoms with Gasteiger partial charge in [-0.05, 0) is 18.1 Å². The van der Waals surface area contributed by atoms with Crippen LogP contribution in [0.25, 0.3) is 0 Å². The zero-order valence-electron chi connectivity index (χ0n) is 17.1. The number of carbonyl (C=O) groups is 1. The van der Waals surface area contributed by atoms with E-state index in [9.17, 15) is 4.79 Å². The number of carbonyl (C=O) groups excluding carboxylic acids is 1. The molecule has 0 aliphatic carbocycles. The molecule has 150 valence electrons. The van der Waals surface area contributed by atoms with Crippen molar-refractivity contribution in [2.24, 2.45) is 0 Å². The average Bonchev–Trinajstić information content (AvgIpc) is 2.80. The van der Waals surface area contributed by atoms with Gasteiger partial charge in [0.1, 0.15) is 0 Å². The maximum Gasteiger partial charge on any atom is 0.223 e. The first-order chi connectivity index (χ1) is 14.2. The minimum absolute atomic E-state index is 0.129. The van der Waals surface area contributed by atoms with Crippen LogP contribution in [0.15, 0.2) is 91.0 Å². The Labute approximate surface area is 174 Å². The van der Waals surface area contributed by atoms with Crippen molar-refractivity contribution in [2.45, 2.75) is 19.3 Å². The third-order valence-corrected chi connectivity index (χ3v) is 5.19. The molecule has 4 rings (SSSR count). The summed E-state index contributed by atoms with van der Waals surface area (Å²) in [4.78, 5) is 14.6. The molecule has 1 aliphatic rings. The largest absolute Gasteiger partial charge is 0.340 e. The molecule has 0 spiro atoms. The molecule has 0 unspecified atom stereocenters. The van der Waals surface area contributed by atoms with E-state index in [1.807, 2.05) is 59.5 Å². The molecule has 29 heavy (non-hydrogen) atoms. The van der Waals surface area contributed by atoms with Crippen LogP contribution < -0.4 is 5.32 Å². The molecular formula is C26H30N2O. The van der Waals surface area contributed by atoms with Gasteiger partial charge in [-0.25, -0.2) is 0 Å². The Morgan fingerprint density at radius 1 is 0.793 bits per heavy atom. The number of hydrogen-bond donors (Lipinski definition) is 1. The molecule has 1 fully saturated rings. The molecule has 3 heteroatoms. The van der Waals surface area contributed by atoms with Gasteiger partial charge in [0.25, 0.3) is 0 Å². The summed E-state index contributed by atoms with van der Waals surface area (Å²) in [6.07, 6.45) is 0.536. The highest BCUT2D eigenvalue weighted by atomic mass is 16.2. The van der Waals surface area contributed by atoms with Crippen molar-refractivity contribution < 1.29 is 4.79 Å². The Morgan fingerprint density at radius 3 is 1.66 bits per heavy atom. The molecule has 0 radical (unpaired) electrons. The number of nitrogens with one attached hydrogen (secondary N) is 1. The van der Waals surface area contributed by atoms with Gasteiger partial charge < -0.3 is 10.2 Å². The van der Waals surface area contributed by atoms with Crippen LogP contribution in [-0.2, 0) is 4.79 Å². The molecule has 1 heterocycles. The smallest absolute Gasteiger partial charge is 0.223 e. The molecule has 3 aromatic rings. The van der Waals surface area contributed by atoms with Crippen LogP contribution in [-0.4, -0.2) is 37.0 Å². The van der Waals surface area contributed by atoms with Gasteiger partial charge in [-0.3, -0.25) is 4.79 Å². The van der Waals surface area contributed by atoms with Gasteiger partial charge in [0, 0.05) is 38.5 Å². The zero-order chi connectivity index (χ0) is 20.3. The maximum atomic E-state index is 12.7. The van der Waals surface area contributed by atoms with E-state index in [2.05, 4.69) is 48.6 Å². The summed E-state index contributed by atoms with van der Waals surface area (Å²) in [5.74, 6) is 0.379. The number of rotatable bonds is 4. The van der Waals surface area contributed by atoms with Crippen molar-refractivity contribution in [3.05, 3.63) is 108 Å². The van der Waals surface area contributed by atoms with Gasteiger partial charge in [-0.2, -0.15) is 0 Å². The van der Waals surface area contributed by atoms with E-state index in [-0.39, 0.29) is 11.8 Å². The van der Waals surface area contributed by atoms with Crippen molar-refractivity contribution in [3.63, 3.8) is 0 Å². The average molecular weight is 387 g/mol. The number of benzene rings is 3. The van der Waals surface area contributed by atoms with Gasteiger partial charge in [-0.1, -0.05) is 96.6 Å². The van der Waals surface area contributed by atoms with E-state index >= 15 is 0 Å². The lowest BCUT2D eigenvalue weighted by Crippen LogP contribution is -2.46. The van der Waals surface area contributed by atoms with Gasteiger partial charge in [0.15, 0.2) is 0 Å². The second-order valence-electron chi connectivity index (χ2n) is 7.36. The summed E-state index contributed by atoms with van der Waals surface area (Å²) in [7, 11) is 0. The Bertz CT molecular complexity index is 804. The summed E-state index contributed by atoms with van der Waals surface area (Å²) in [6.45, 7) is 5.50. The number of amides is 1. The molecule has 3 nitrogen and oxygen atoms in total. The number of nitrogens with zero attached hydrogens (tertiary/aromatic N) is 1. The Morgan fingerprint density at radius 2 is 1.24 bits per heavy atom. The third-order valence-electron chi connectivity index (χ3n) is 5.19. The molecule has 1 aliphatic heterocycles. The van der Waals surface area contributed by atoms with E-state index in [0.717, 1.165) is 26.2 Å². The van der Waals surface area contributed by atoms with Crippen molar-refractivity contribution in [1.82, 2.24) is 10.2 Å². The van der Waals surface area contributed by atoms with Crippen LogP contribution in [0, 0.1) is 6.92 Å². The van der Waals surface area contributed by atoms with Crippen LogP contribution in [0.5, 0.6) is 0 Å². The third kappa shape index (κ3) is 6.58. The molecule has 0 bridgehead atoms. The quantitative estimate of drug-likeness (QED) is 0.709. The standard InChI is InChI=1S/C19H22N2O.C7H8/c22-19(21-13-11-20-12-14-21)15-18(16-7-3-1-4-8-16)17-9-5-2-6-10-17;1-7-5-3-2-4-6-7/h1-10,18,20H,11-15H2;2-6H,1H3. The summed E-state index contributed by atoms with van der Waals surface area (Å²) in [6, 6.07) is 30.9. The normalized spacial score (nSPS) is 13.5. The van der Waals surface area contributed by atoms with Crippen LogP contribution >= 0.6 is 0 Å². The lowest BCUT2D eigenvalue weighted by Gasteiger charge is -2.29. The maximum absolute atomic E-state index is 12.7. The summed E-state index contributed by atoms with van der Waals surface area (Å²) in [5.41, 5.74) is 3.73. The van der Waals surface area contributed by atoms with Gasteiger partial charge in [0.2, 0.25) is 5.91 Å². The Hall–Kier alpha value is -2.91. The fraction of sp³-hybridized carbons (Fsp3) is 0.269. The van der Waals surface area contributed by atoms with Crippen LogP contribution in [0.4, 0.5) is 0 Å². The SMILES string of the molecule is Cc1ccccc1.O=C(CC(c1ccccc1)c1ccccc1)N1CCNCC1. The molecular weight excluding hydrogens is 356 g/mol. The highest BCUT2D eigenvalue weighted by Gasteiger charge is 2.22. The van der Waals surface area contributed by atoms with Crippen LogP contribution in [0.3, 0.4) is 0 Å². The van der Waals surface area contributed by atoms with Crippen LogP contribution in [0.2, 0.25) is 0 Å². The first-order valence-corrected chi connectivity index (χ1v) is 10.3. The fourth-order valence-corrected chi connectivity index (χ4v) is 3.55. The second-order valence-corrected chi connectivity index (χ2v) is 7.36. The van der Waals surface area contributed by atoms with Gasteiger partial charge in [-0.15, -0.1) is 0 Å². The summed E-state index contributed by atoms with van der Waals surface area (Å²) >= 11 is 0. The van der Waals surface area contributed by atoms with Gasteiger partial charge >= 0.3 is 0 Å². The number of hydrogen-bond acceptors (Lipinski definition) is 2. The van der Waals surface area contributed by atoms with E-state index < -0.39 is 0 Å². The molecule has 0 atom stereocenters. The minimum Gasteiger partial charge on any atom is -0.340 e. The second kappa shape index (κ2) is 11.2. The molecule has 1 amide bonds. The monoisotopic (exact) mass is 386 g/mol. The first-order valence-electron chi connectivity index (χ1n) is 10.3. The van der Waals surface area contributed by atoms with E-state index in [4.69, 9.17) is 0 Å². The number of piperazine rings is 1. The van der Waals surface area contributed by atoms with Crippen LogP contribution in [0.1, 0.15) is 29.0 Å². The van der Waals surface area contributed by atoms with Crippen molar-refractivity contribution in [1.29, 1.82) is 0 Å². The van der Waals surface area contributed by atoms with E-state index in [1.165, 1.54) is 16.7 Å². The highest BCUT2D eigenvalue weighted by Crippen LogP contribution is 2.28. The molecule has 1 saturated heterocycles. The minimum atomic E-state index is 0.129. The number of aryl methyl sites for hydroxylation is 1.